The number of carbonyl (C=O) groups excluding carboxylic acids is 1. The number of sulfonamides is 1. The zero-order valence-electron chi connectivity index (χ0n) is 17.6. The lowest BCUT2D eigenvalue weighted by Gasteiger charge is -2.32. The van der Waals surface area contributed by atoms with Crippen LogP contribution < -0.4 is 5.32 Å². The van der Waals surface area contributed by atoms with Crippen LogP contribution >= 0.6 is 11.8 Å². The van der Waals surface area contributed by atoms with Gasteiger partial charge >= 0.3 is 0 Å². The first-order valence-corrected chi connectivity index (χ1v) is 12.7. The van der Waals surface area contributed by atoms with Gasteiger partial charge in [-0.1, -0.05) is 30.3 Å². The van der Waals surface area contributed by atoms with E-state index in [4.69, 9.17) is 0 Å². The molecule has 9 heteroatoms. The second-order valence-corrected chi connectivity index (χ2v) is 10.5. The number of anilines is 1. The van der Waals surface area contributed by atoms with Crippen molar-refractivity contribution in [1.82, 2.24) is 14.3 Å². The van der Waals surface area contributed by atoms with Crippen molar-refractivity contribution < 1.29 is 13.2 Å². The molecule has 1 aliphatic heterocycles. The minimum absolute atomic E-state index is 0.0434. The van der Waals surface area contributed by atoms with Gasteiger partial charge in [0, 0.05) is 36.2 Å². The highest BCUT2D eigenvalue weighted by molar-refractivity contribution is 7.99. The Labute approximate surface area is 192 Å². The first-order valence-electron chi connectivity index (χ1n) is 10.4. The molecule has 1 amide bonds. The Kier molecular flexibility index (Phi) is 6.88. The molecular formula is C23H24N4O3S2. The second kappa shape index (κ2) is 9.81. The number of nitrogens with zero attached hydrogens (tertiary/aromatic N) is 3. The summed E-state index contributed by atoms with van der Waals surface area (Å²) in [5, 5.41) is 4.32. The van der Waals surface area contributed by atoms with Gasteiger partial charge in [0.25, 0.3) is 5.91 Å². The Morgan fingerprint density at radius 1 is 1.03 bits per heavy atom. The molecule has 1 aromatic carbocycles. The van der Waals surface area contributed by atoms with Gasteiger partial charge in [-0.2, -0.15) is 4.31 Å². The number of hydrogen-bond donors (Lipinski definition) is 1. The van der Waals surface area contributed by atoms with Crippen LogP contribution in [0.2, 0.25) is 0 Å². The third-order valence-electron chi connectivity index (χ3n) is 5.28. The summed E-state index contributed by atoms with van der Waals surface area (Å²) in [5.41, 5.74) is 0.854. The number of piperidine rings is 1. The van der Waals surface area contributed by atoms with Gasteiger partial charge in [0.15, 0.2) is 0 Å². The average Bonchev–Trinajstić information content (AvgIpc) is 2.80. The van der Waals surface area contributed by atoms with Crippen molar-refractivity contribution in [3.8, 4) is 0 Å². The fourth-order valence-electron chi connectivity index (χ4n) is 3.62. The van der Waals surface area contributed by atoms with Crippen molar-refractivity contribution in [3.63, 3.8) is 0 Å². The minimum Gasteiger partial charge on any atom is -0.322 e. The summed E-state index contributed by atoms with van der Waals surface area (Å²) < 4.78 is 27.8. The van der Waals surface area contributed by atoms with E-state index in [0.29, 0.717) is 17.3 Å². The molecule has 1 saturated heterocycles. The predicted octanol–water partition coefficient (Wildman–Crippen LogP) is 4.44. The fraction of sp³-hybridized carbons (Fsp3) is 0.261. The van der Waals surface area contributed by atoms with Gasteiger partial charge < -0.3 is 5.32 Å². The lowest BCUT2D eigenvalue weighted by molar-refractivity contribution is 0.102. The van der Waals surface area contributed by atoms with Crippen LogP contribution in [0, 0.1) is 0 Å². The third kappa shape index (κ3) is 5.17. The minimum atomic E-state index is -3.65. The third-order valence-corrected chi connectivity index (χ3v) is 8.18. The fourth-order valence-corrected chi connectivity index (χ4v) is 6.14. The van der Waals surface area contributed by atoms with E-state index >= 15 is 0 Å². The van der Waals surface area contributed by atoms with Gasteiger partial charge in [-0.3, -0.25) is 4.79 Å². The van der Waals surface area contributed by atoms with E-state index in [0.717, 1.165) is 24.3 Å². The Hall–Kier alpha value is -2.75. The quantitative estimate of drug-likeness (QED) is 0.575. The maximum absolute atomic E-state index is 13.1. The van der Waals surface area contributed by atoms with E-state index in [-0.39, 0.29) is 22.4 Å². The molecule has 3 heterocycles. The molecule has 0 aliphatic carbocycles. The topological polar surface area (TPSA) is 92.3 Å². The zero-order chi connectivity index (χ0) is 22.6. The Balaban J connectivity index is 1.50. The standard InChI is InChI=1S/C23H24N4O3S2/c1-17-7-3-5-14-27(17)32(29,30)20-9-6-8-18(15-20)23(28)26-19-11-13-25-22(16-19)31-21-10-2-4-12-24-21/h2,4,6,8-13,15-17H,3,5,7,14H2,1H3,(H,25,26,28). The normalized spacial score (nSPS) is 17.1. The van der Waals surface area contributed by atoms with E-state index in [1.54, 1.807) is 42.7 Å². The van der Waals surface area contributed by atoms with Crippen molar-refractivity contribution in [2.45, 2.75) is 47.2 Å². The highest BCUT2D eigenvalue weighted by Crippen LogP contribution is 2.27. The van der Waals surface area contributed by atoms with Gasteiger partial charge in [-0.25, -0.2) is 18.4 Å². The highest BCUT2D eigenvalue weighted by Gasteiger charge is 2.31. The summed E-state index contributed by atoms with van der Waals surface area (Å²) >= 11 is 1.39. The van der Waals surface area contributed by atoms with E-state index < -0.39 is 10.0 Å². The van der Waals surface area contributed by atoms with Crippen LogP contribution in [-0.2, 0) is 10.0 Å². The van der Waals surface area contributed by atoms with Gasteiger partial charge in [0.05, 0.1) is 4.90 Å². The molecular weight excluding hydrogens is 444 g/mol. The predicted molar refractivity (Wildman–Crippen MR) is 124 cm³/mol. The SMILES string of the molecule is CC1CCCCN1S(=O)(=O)c1cccc(C(=O)Nc2ccnc(Sc3ccccn3)c2)c1. The molecule has 0 spiro atoms. The van der Waals surface area contributed by atoms with Crippen LogP contribution in [0.5, 0.6) is 0 Å². The van der Waals surface area contributed by atoms with Crippen LogP contribution in [0.15, 0.2) is 81.9 Å². The number of aromatic nitrogens is 2. The number of hydrogen-bond acceptors (Lipinski definition) is 6. The number of rotatable bonds is 6. The Morgan fingerprint density at radius 2 is 1.88 bits per heavy atom. The van der Waals surface area contributed by atoms with E-state index in [2.05, 4.69) is 15.3 Å². The highest BCUT2D eigenvalue weighted by atomic mass is 32.2. The monoisotopic (exact) mass is 468 g/mol. The smallest absolute Gasteiger partial charge is 0.255 e. The molecule has 1 unspecified atom stereocenters. The van der Waals surface area contributed by atoms with Crippen molar-refractivity contribution in [2.24, 2.45) is 0 Å². The molecule has 1 fully saturated rings. The second-order valence-electron chi connectivity index (χ2n) is 7.60. The van der Waals surface area contributed by atoms with Crippen LogP contribution in [0.4, 0.5) is 5.69 Å². The zero-order valence-corrected chi connectivity index (χ0v) is 19.3. The summed E-state index contributed by atoms with van der Waals surface area (Å²) in [5.74, 6) is -0.381. The largest absolute Gasteiger partial charge is 0.322 e. The van der Waals surface area contributed by atoms with Gasteiger partial charge in [0.1, 0.15) is 10.1 Å². The molecule has 4 rings (SSSR count). The molecule has 0 saturated carbocycles. The van der Waals surface area contributed by atoms with E-state index in [1.165, 1.54) is 22.1 Å². The van der Waals surface area contributed by atoms with Crippen LogP contribution in [0.1, 0.15) is 36.5 Å². The lowest BCUT2D eigenvalue weighted by Crippen LogP contribution is -2.41. The van der Waals surface area contributed by atoms with Gasteiger partial charge in [-0.05, 0) is 62.2 Å². The lowest BCUT2D eigenvalue weighted by atomic mass is 10.1. The summed E-state index contributed by atoms with van der Waals surface area (Å²) in [6.07, 6.45) is 6.05. The summed E-state index contributed by atoms with van der Waals surface area (Å²) in [7, 11) is -3.65. The maximum Gasteiger partial charge on any atom is 0.255 e. The molecule has 1 N–H and O–H groups in total. The number of carbonyl (C=O) groups is 1. The van der Waals surface area contributed by atoms with Gasteiger partial charge in [-0.15, -0.1) is 0 Å². The number of benzene rings is 1. The Morgan fingerprint density at radius 3 is 2.66 bits per heavy atom. The molecule has 1 atom stereocenters. The summed E-state index contributed by atoms with van der Waals surface area (Å²) in [4.78, 5) is 21.6. The molecule has 0 radical (unpaired) electrons. The molecule has 0 bridgehead atoms. The Bertz CT molecular complexity index is 1200. The summed E-state index contributed by atoms with van der Waals surface area (Å²) in [6.45, 7) is 2.44. The molecule has 166 valence electrons. The molecule has 7 nitrogen and oxygen atoms in total. The maximum atomic E-state index is 13.1. The molecule has 32 heavy (non-hydrogen) atoms. The van der Waals surface area contributed by atoms with Crippen LogP contribution in [0.3, 0.4) is 0 Å². The molecule has 3 aromatic rings. The van der Waals surface area contributed by atoms with Crippen molar-refractivity contribution in [3.05, 3.63) is 72.6 Å². The summed E-state index contributed by atoms with van der Waals surface area (Å²) in [6, 6.07) is 15.2. The van der Waals surface area contributed by atoms with E-state index in [9.17, 15) is 13.2 Å². The first-order chi connectivity index (χ1) is 15.4. The number of pyridine rings is 2. The van der Waals surface area contributed by atoms with Crippen molar-refractivity contribution >= 4 is 33.4 Å². The first kappa shape index (κ1) is 22.4. The molecule has 2 aromatic heterocycles. The van der Waals surface area contributed by atoms with Crippen LogP contribution in [-0.4, -0.2) is 41.2 Å². The average molecular weight is 469 g/mol. The van der Waals surface area contributed by atoms with Gasteiger partial charge in [0.2, 0.25) is 10.0 Å². The van der Waals surface area contributed by atoms with Crippen molar-refractivity contribution in [2.75, 3.05) is 11.9 Å². The van der Waals surface area contributed by atoms with Crippen molar-refractivity contribution in [1.29, 1.82) is 0 Å². The molecule has 1 aliphatic rings. The number of nitrogens with one attached hydrogen (secondary N) is 1. The number of amides is 1. The van der Waals surface area contributed by atoms with Crippen LogP contribution in [0.25, 0.3) is 0 Å². The van der Waals surface area contributed by atoms with E-state index in [1.807, 2.05) is 25.1 Å².